The predicted octanol–water partition coefficient (Wildman–Crippen LogP) is 7.37. The molecule has 2 aliphatic rings. The minimum Gasteiger partial charge on any atom is -0.398 e. The average molecular weight is 677 g/mol. The van der Waals surface area contributed by atoms with Crippen LogP contribution in [0.2, 0.25) is 5.02 Å². The largest absolute Gasteiger partial charge is 0.398 e. The molecule has 2 bridgehead atoms. The molecule has 0 fully saturated rings. The number of halogens is 4. The van der Waals surface area contributed by atoms with E-state index in [4.69, 9.17) is 17.3 Å². The molecule has 6 nitrogen and oxygen atoms in total. The van der Waals surface area contributed by atoms with Crippen LogP contribution in [0.25, 0.3) is 16.7 Å². The molecular weight excluding hydrogens is 649 g/mol. The van der Waals surface area contributed by atoms with Gasteiger partial charge in [0.2, 0.25) is 11.8 Å². The second kappa shape index (κ2) is 11.8. The molecule has 3 heterocycles. The van der Waals surface area contributed by atoms with E-state index in [9.17, 15) is 18.4 Å². The average Bonchev–Trinajstić information content (AvgIpc) is 2.93. The van der Waals surface area contributed by atoms with E-state index in [0.29, 0.717) is 29.9 Å². The van der Waals surface area contributed by atoms with Gasteiger partial charge in [0.1, 0.15) is 5.82 Å². The van der Waals surface area contributed by atoms with Gasteiger partial charge in [0.05, 0.1) is 28.0 Å². The van der Waals surface area contributed by atoms with Crippen LogP contribution in [0.3, 0.4) is 0 Å². The number of rotatable bonds is 2. The lowest BCUT2D eigenvalue weighted by Crippen LogP contribution is -2.38. The summed E-state index contributed by atoms with van der Waals surface area (Å²) in [5.74, 6) is -2.24. The van der Waals surface area contributed by atoms with Crippen LogP contribution in [-0.4, -0.2) is 28.2 Å². The first kappa shape index (κ1) is 28.5. The van der Waals surface area contributed by atoms with E-state index in [0.717, 1.165) is 39.7 Å². The van der Waals surface area contributed by atoms with E-state index in [1.54, 1.807) is 17.2 Å². The summed E-state index contributed by atoms with van der Waals surface area (Å²) < 4.78 is 30.1. The minimum atomic E-state index is -0.864. The second-order valence-corrected chi connectivity index (χ2v) is 11.8. The fraction of sp³-hybridized carbons (Fsp3) is 0.300. The zero-order valence-electron chi connectivity index (χ0n) is 21.8. The molecule has 3 N–H and O–H groups in total. The second-order valence-electron chi connectivity index (χ2n) is 10.2. The topological polar surface area (TPSA) is 88.3 Å². The van der Waals surface area contributed by atoms with Crippen molar-refractivity contribution in [3.8, 4) is 11.1 Å². The van der Waals surface area contributed by atoms with Gasteiger partial charge < -0.3 is 16.0 Å². The number of aromatic nitrogens is 1. The maximum Gasteiger partial charge on any atom is 0.247 e. The SMILES string of the molecule is C[C@@H]1CCCC[C@H](N2CCC(c3c(F)ccc(Cl)c3F)=CC2=O)c2cc(ccn2)-c2cc(I)c(N)cc2NC1=O. The van der Waals surface area contributed by atoms with E-state index in [1.165, 1.54) is 6.08 Å². The zero-order valence-corrected chi connectivity index (χ0v) is 24.7. The van der Waals surface area contributed by atoms with Gasteiger partial charge in [-0.25, -0.2) is 8.78 Å². The van der Waals surface area contributed by atoms with Gasteiger partial charge in [-0.2, -0.15) is 0 Å². The van der Waals surface area contributed by atoms with Crippen LogP contribution in [0.1, 0.15) is 56.3 Å². The quantitative estimate of drug-likeness (QED) is 0.169. The number of nitrogens with two attached hydrogens (primary N) is 1. The summed E-state index contributed by atoms with van der Waals surface area (Å²) in [5, 5.41) is 2.86. The first-order valence-corrected chi connectivity index (χ1v) is 14.6. The molecule has 5 rings (SSSR count). The Balaban J connectivity index is 1.54. The molecule has 2 aromatic carbocycles. The number of hydrogen-bond donors (Lipinski definition) is 2. The van der Waals surface area contributed by atoms with Gasteiger partial charge >= 0.3 is 0 Å². The van der Waals surface area contributed by atoms with Crippen LogP contribution in [-0.2, 0) is 9.59 Å². The third kappa shape index (κ3) is 5.72. The van der Waals surface area contributed by atoms with Gasteiger partial charge in [-0.3, -0.25) is 14.6 Å². The molecule has 0 unspecified atom stereocenters. The number of carbonyl (C=O) groups is 2. The molecule has 0 saturated carbocycles. The molecule has 3 aromatic rings. The molecule has 0 saturated heterocycles. The van der Waals surface area contributed by atoms with Crippen molar-refractivity contribution in [3.63, 3.8) is 0 Å². The van der Waals surface area contributed by atoms with Crippen LogP contribution >= 0.6 is 34.2 Å². The number of benzene rings is 2. The fourth-order valence-corrected chi connectivity index (χ4v) is 5.98. The first-order valence-electron chi connectivity index (χ1n) is 13.1. The van der Waals surface area contributed by atoms with Gasteiger partial charge in [0, 0.05) is 39.6 Å². The monoisotopic (exact) mass is 676 g/mol. The summed E-state index contributed by atoms with van der Waals surface area (Å²) in [7, 11) is 0. The number of amides is 2. The molecule has 10 heteroatoms. The summed E-state index contributed by atoms with van der Waals surface area (Å²) >= 11 is 8.06. The number of pyridine rings is 1. The maximum atomic E-state index is 14.7. The molecular formula is C30H28ClF2IN4O2. The van der Waals surface area contributed by atoms with Gasteiger partial charge in [-0.1, -0.05) is 31.4 Å². The Kier molecular flexibility index (Phi) is 8.42. The Labute approximate surface area is 250 Å². The van der Waals surface area contributed by atoms with Crippen LogP contribution < -0.4 is 11.1 Å². The Hall–Kier alpha value is -3.05. The molecule has 0 aliphatic carbocycles. The Morgan fingerprint density at radius 1 is 1.12 bits per heavy atom. The van der Waals surface area contributed by atoms with E-state index < -0.39 is 11.6 Å². The normalized spacial score (nSPS) is 20.0. The third-order valence-corrected chi connectivity index (χ3v) is 8.81. The zero-order chi connectivity index (χ0) is 28.6. The number of hydrogen-bond acceptors (Lipinski definition) is 4. The molecule has 40 heavy (non-hydrogen) atoms. The van der Waals surface area contributed by atoms with Crippen molar-refractivity contribution in [3.05, 3.63) is 80.2 Å². The fourth-order valence-electron chi connectivity index (χ4n) is 5.35. The highest BCUT2D eigenvalue weighted by atomic mass is 127. The summed E-state index contributed by atoms with van der Waals surface area (Å²) in [4.78, 5) is 32.8. The van der Waals surface area contributed by atoms with E-state index in [-0.39, 0.29) is 52.9 Å². The molecule has 0 spiro atoms. The predicted molar refractivity (Wildman–Crippen MR) is 161 cm³/mol. The van der Waals surface area contributed by atoms with E-state index >= 15 is 0 Å². The van der Waals surface area contributed by atoms with Crippen LogP contribution in [0, 0.1) is 21.1 Å². The molecule has 208 valence electrons. The lowest BCUT2D eigenvalue weighted by atomic mass is 9.94. The molecule has 2 amide bonds. The molecule has 2 aliphatic heterocycles. The summed E-state index contributed by atoms with van der Waals surface area (Å²) in [6.07, 6.45) is 6.14. The minimum absolute atomic E-state index is 0.0729. The van der Waals surface area contributed by atoms with E-state index in [2.05, 4.69) is 32.9 Å². The lowest BCUT2D eigenvalue weighted by Gasteiger charge is -2.34. The summed E-state index contributed by atoms with van der Waals surface area (Å²) in [5.41, 5.74) is 9.74. The standard InChI is InChI=1S/C30H28ClF2IN4O2/c1-16-4-2-3-5-26(38-11-9-18(13-27(38)39)28-21(32)7-6-20(31)29(28)33)25-12-17(8-10-36-25)19-14-22(34)23(35)15-24(19)37-30(16)40/h6-8,10,12-16,26H,2-5,9,11,35H2,1H3,(H,37,40)/t16-,26+/m1/s1. The Morgan fingerprint density at radius 2 is 1.90 bits per heavy atom. The third-order valence-electron chi connectivity index (χ3n) is 7.58. The number of nitrogens with one attached hydrogen (secondary N) is 1. The van der Waals surface area contributed by atoms with Gasteiger partial charge in [0.15, 0.2) is 5.82 Å². The Morgan fingerprint density at radius 3 is 2.67 bits per heavy atom. The van der Waals surface area contributed by atoms with Crippen molar-refractivity contribution in [2.45, 2.75) is 45.1 Å². The van der Waals surface area contributed by atoms with Gasteiger partial charge in [-0.05, 0) is 89.4 Å². The highest BCUT2D eigenvalue weighted by molar-refractivity contribution is 14.1. The highest BCUT2D eigenvalue weighted by Gasteiger charge is 2.31. The summed E-state index contributed by atoms with van der Waals surface area (Å²) in [6, 6.07) is 9.42. The van der Waals surface area contributed by atoms with Crippen molar-refractivity contribution in [1.82, 2.24) is 9.88 Å². The summed E-state index contributed by atoms with van der Waals surface area (Å²) in [6.45, 7) is 2.17. The van der Waals surface area contributed by atoms with Gasteiger partial charge in [0.25, 0.3) is 0 Å². The highest BCUT2D eigenvalue weighted by Crippen LogP contribution is 2.38. The van der Waals surface area contributed by atoms with Crippen molar-refractivity contribution < 1.29 is 18.4 Å². The van der Waals surface area contributed by atoms with Crippen LogP contribution in [0.4, 0.5) is 20.2 Å². The van der Waals surface area contributed by atoms with Crippen molar-refractivity contribution in [2.75, 3.05) is 17.6 Å². The number of carbonyl (C=O) groups excluding carboxylic acids is 2. The first-order chi connectivity index (χ1) is 19.1. The van der Waals surface area contributed by atoms with Crippen LogP contribution in [0.15, 0.2) is 48.7 Å². The molecule has 2 atom stereocenters. The molecule has 0 radical (unpaired) electrons. The lowest BCUT2D eigenvalue weighted by molar-refractivity contribution is -0.129. The van der Waals surface area contributed by atoms with Crippen molar-refractivity contribution in [2.24, 2.45) is 5.92 Å². The van der Waals surface area contributed by atoms with Gasteiger partial charge in [-0.15, -0.1) is 0 Å². The van der Waals surface area contributed by atoms with Crippen molar-refractivity contribution in [1.29, 1.82) is 0 Å². The maximum absolute atomic E-state index is 14.7. The number of nitrogen functional groups attached to an aromatic ring is 1. The van der Waals surface area contributed by atoms with Crippen molar-refractivity contribution >= 4 is 63.0 Å². The Bertz CT molecular complexity index is 1530. The number of nitrogens with zero attached hydrogens (tertiary/aromatic N) is 2. The smallest absolute Gasteiger partial charge is 0.247 e. The van der Waals surface area contributed by atoms with E-state index in [1.807, 2.05) is 25.1 Å². The number of fused-ring (bicyclic) bond motifs is 4. The van der Waals surface area contributed by atoms with Crippen LogP contribution in [0.5, 0.6) is 0 Å². The molecule has 1 aromatic heterocycles. The number of anilines is 2.